The lowest BCUT2D eigenvalue weighted by Crippen LogP contribution is -2.45. The normalized spacial score (nSPS) is 16.4. The molecule has 0 radical (unpaired) electrons. The van der Waals surface area contributed by atoms with Crippen LogP contribution < -0.4 is 15.6 Å². The van der Waals surface area contributed by atoms with E-state index in [4.69, 9.17) is 0 Å². The van der Waals surface area contributed by atoms with Gasteiger partial charge in [-0.3, -0.25) is 4.79 Å². The van der Waals surface area contributed by atoms with E-state index in [1.807, 2.05) is 11.9 Å². The Labute approximate surface area is 194 Å². The number of pyridine rings is 1. The summed E-state index contributed by atoms with van der Waals surface area (Å²) in [6.45, 7) is 6.71. The lowest BCUT2D eigenvalue weighted by molar-refractivity contribution is 0.0695. The van der Waals surface area contributed by atoms with Crippen molar-refractivity contribution in [1.82, 2.24) is 9.88 Å². The molecule has 2 N–H and O–H groups in total. The van der Waals surface area contributed by atoms with Crippen LogP contribution in [-0.4, -0.2) is 41.3 Å². The number of hydrogen-bond donors (Lipinski definition) is 2. The molecule has 0 unspecified atom stereocenters. The number of hydrogen-bond acceptors (Lipinski definition) is 4. The van der Waals surface area contributed by atoms with Crippen molar-refractivity contribution >= 4 is 22.6 Å². The molecule has 0 aliphatic carbocycles. The van der Waals surface area contributed by atoms with E-state index in [1.165, 1.54) is 17.6 Å². The predicted octanol–water partition coefficient (Wildman–Crippen LogP) is 4.24. The third-order valence-electron chi connectivity index (χ3n) is 7.04. The highest BCUT2D eigenvalue weighted by Crippen LogP contribution is 2.36. The van der Waals surface area contributed by atoms with Crippen LogP contribution in [0.5, 0.6) is 0 Å². The fourth-order valence-corrected chi connectivity index (χ4v) is 4.66. The van der Waals surface area contributed by atoms with Gasteiger partial charge in [-0.05, 0) is 58.4 Å². The highest BCUT2D eigenvalue weighted by molar-refractivity contribution is 5.95. The van der Waals surface area contributed by atoms with Crippen LogP contribution in [0.3, 0.4) is 0 Å². The summed E-state index contributed by atoms with van der Waals surface area (Å²) in [4.78, 5) is 26.6. The van der Waals surface area contributed by atoms with E-state index in [-0.39, 0.29) is 39.3 Å². The monoisotopic (exact) mass is 473 g/mol. The molecular formula is C25H26F3N3O3. The third kappa shape index (κ3) is 3.83. The number of aromatic nitrogens is 1. The Morgan fingerprint density at radius 3 is 2.50 bits per heavy atom. The fraction of sp³-hybridized carbons (Fsp3) is 0.360. The number of aromatic carboxylic acids is 1. The highest BCUT2D eigenvalue weighted by Gasteiger charge is 2.35. The van der Waals surface area contributed by atoms with Crippen LogP contribution in [0.15, 0.2) is 35.3 Å². The number of anilines is 1. The van der Waals surface area contributed by atoms with Gasteiger partial charge in [0.25, 0.3) is 0 Å². The molecule has 4 rings (SSSR count). The number of fused-ring (bicyclic) bond motifs is 1. The molecule has 6 nitrogen and oxygen atoms in total. The van der Waals surface area contributed by atoms with E-state index in [1.54, 1.807) is 0 Å². The van der Waals surface area contributed by atoms with Crippen molar-refractivity contribution in [3.63, 3.8) is 0 Å². The molecule has 1 aliphatic rings. The number of nitrogens with one attached hydrogen (secondary N) is 1. The maximum atomic E-state index is 15.6. The molecular weight excluding hydrogens is 447 g/mol. The Morgan fingerprint density at radius 1 is 1.18 bits per heavy atom. The number of carboxylic acid groups (broad SMARTS) is 1. The van der Waals surface area contributed by atoms with E-state index in [2.05, 4.69) is 19.2 Å². The van der Waals surface area contributed by atoms with Crippen LogP contribution in [0.1, 0.15) is 36.2 Å². The van der Waals surface area contributed by atoms with Gasteiger partial charge >= 0.3 is 5.97 Å². The van der Waals surface area contributed by atoms with Crippen molar-refractivity contribution in [1.29, 1.82) is 0 Å². The van der Waals surface area contributed by atoms with Gasteiger partial charge in [-0.25, -0.2) is 18.0 Å². The first-order valence-corrected chi connectivity index (χ1v) is 11.0. The molecule has 2 aromatic carbocycles. The average molecular weight is 473 g/mol. The molecule has 0 spiro atoms. The van der Waals surface area contributed by atoms with E-state index >= 15 is 4.39 Å². The summed E-state index contributed by atoms with van der Waals surface area (Å²) in [6.07, 6.45) is 1.82. The highest BCUT2D eigenvalue weighted by atomic mass is 19.1. The smallest absolute Gasteiger partial charge is 0.341 e. The standard InChI is InChI=1S/C25H26F3N3O3/c1-13-21-19(10-20(22(13)28)30-8-7-14(11-30)25(2,3)29-4)31(12-16(23(21)32)24(33)34)18-6-5-15(26)9-17(18)27/h5-6,9-10,12,14,29H,7-8,11H2,1-4H3,(H,33,34)/t14-/m1/s1. The van der Waals surface area contributed by atoms with Gasteiger partial charge < -0.3 is 19.9 Å². The summed E-state index contributed by atoms with van der Waals surface area (Å²) >= 11 is 0. The molecule has 1 fully saturated rings. The van der Waals surface area contributed by atoms with Gasteiger partial charge in [-0.15, -0.1) is 0 Å². The van der Waals surface area contributed by atoms with Crippen molar-refractivity contribution in [2.45, 2.75) is 32.7 Å². The van der Waals surface area contributed by atoms with E-state index in [0.29, 0.717) is 19.2 Å². The Bertz CT molecular complexity index is 1370. The average Bonchev–Trinajstić information content (AvgIpc) is 3.27. The fourth-order valence-electron chi connectivity index (χ4n) is 4.66. The minimum Gasteiger partial charge on any atom is -0.477 e. The van der Waals surface area contributed by atoms with Crippen LogP contribution in [0.2, 0.25) is 0 Å². The number of aryl methyl sites for hydroxylation is 1. The number of rotatable bonds is 5. The summed E-state index contributed by atoms with van der Waals surface area (Å²) < 4.78 is 45.0. The van der Waals surface area contributed by atoms with Crippen LogP contribution in [0.25, 0.3) is 16.6 Å². The lowest BCUT2D eigenvalue weighted by atomic mass is 9.87. The maximum absolute atomic E-state index is 15.6. The Kier molecular flexibility index (Phi) is 5.93. The van der Waals surface area contributed by atoms with Crippen molar-refractivity contribution in [2.24, 2.45) is 5.92 Å². The van der Waals surface area contributed by atoms with Crippen molar-refractivity contribution < 1.29 is 23.1 Å². The van der Waals surface area contributed by atoms with E-state index in [9.17, 15) is 23.5 Å². The van der Waals surface area contributed by atoms with Gasteiger partial charge in [-0.2, -0.15) is 0 Å². The topological polar surface area (TPSA) is 74.6 Å². The molecule has 0 saturated carbocycles. The summed E-state index contributed by atoms with van der Waals surface area (Å²) in [5.74, 6) is -3.66. The molecule has 1 aliphatic heterocycles. The minimum atomic E-state index is -1.52. The zero-order chi connectivity index (χ0) is 24.9. The minimum absolute atomic E-state index is 0.0202. The van der Waals surface area contributed by atoms with Gasteiger partial charge in [0.05, 0.1) is 22.3 Å². The van der Waals surface area contributed by atoms with Crippen LogP contribution in [0, 0.1) is 30.3 Å². The second-order valence-electron chi connectivity index (χ2n) is 9.27. The van der Waals surface area contributed by atoms with Gasteiger partial charge in [0.1, 0.15) is 23.0 Å². The van der Waals surface area contributed by atoms with Crippen LogP contribution in [-0.2, 0) is 0 Å². The van der Waals surface area contributed by atoms with E-state index in [0.717, 1.165) is 24.8 Å². The zero-order valence-electron chi connectivity index (χ0n) is 19.4. The SMILES string of the molecule is CNC(C)(C)[C@@H]1CCN(c2cc3c(c(C)c2F)c(=O)c(C(=O)O)cn3-c2ccc(F)cc2F)C1. The number of nitrogens with zero attached hydrogens (tertiary/aromatic N) is 2. The third-order valence-corrected chi connectivity index (χ3v) is 7.04. The molecule has 1 aromatic heterocycles. The second kappa shape index (κ2) is 8.47. The molecule has 3 aromatic rings. The first kappa shape index (κ1) is 23.8. The summed E-state index contributed by atoms with van der Waals surface area (Å²) in [5, 5.41) is 12.7. The number of carboxylic acids is 1. The predicted molar refractivity (Wildman–Crippen MR) is 125 cm³/mol. The van der Waals surface area contributed by atoms with Crippen LogP contribution >= 0.6 is 0 Å². The Balaban J connectivity index is 1.99. The first-order valence-electron chi connectivity index (χ1n) is 11.0. The maximum Gasteiger partial charge on any atom is 0.341 e. The molecule has 1 atom stereocenters. The van der Waals surface area contributed by atoms with Crippen LogP contribution in [0.4, 0.5) is 18.9 Å². The van der Waals surface area contributed by atoms with Crippen molar-refractivity contribution in [2.75, 3.05) is 25.0 Å². The summed E-state index contributed by atoms with van der Waals surface area (Å²) in [5.41, 5.74) is -1.45. The Hall–Kier alpha value is -3.33. The van der Waals surface area contributed by atoms with Crippen molar-refractivity contribution in [3.05, 3.63) is 69.3 Å². The molecule has 9 heteroatoms. The zero-order valence-corrected chi connectivity index (χ0v) is 19.4. The summed E-state index contributed by atoms with van der Waals surface area (Å²) in [6, 6.07) is 4.30. The van der Waals surface area contributed by atoms with Gasteiger partial charge in [0.15, 0.2) is 0 Å². The van der Waals surface area contributed by atoms with Gasteiger partial charge in [-0.1, -0.05) is 0 Å². The Morgan fingerprint density at radius 2 is 1.88 bits per heavy atom. The molecule has 0 bridgehead atoms. The number of halogens is 3. The van der Waals surface area contributed by atoms with E-state index < -0.39 is 34.4 Å². The molecule has 0 amide bonds. The number of carbonyl (C=O) groups is 1. The molecule has 2 heterocycles. The molecule has 34 heavy (non-hydrogen) atoms. The van der Waals surface area contributed by atoms with Gasteiger partial charge in [0.2, 0.25) is 5.43 Å². The largest absolute Gasteiger partial charge is 0.477 e. The number of benzene rings is 2. The molecule has 180 valence electrons. The lowest BCUT2D eigenvalue weighted by Gasteiger charge is -2.31. The summed E-state index contributed by atoms with van der Waals surface area (Å²) in [7, 11) is 1.87. The molecule has 1 saturated heterocycles. The van der Waals surface area contributed by atoms with Gasteiger partial charge in [0, 0.05) is 36.5 Å². The second-order valence-corrected chi connectivity index (χ2v) is 9.27. The first-order chi connectivity index (χ1) is 16.0. The van der Waals surface area contributed by atoms with Crippen molar-refractivity contribution in [3.8, 4) is 5.69 Å². The quantitative estimate of drug-likeness (QED) is 0.580.